The summed E-state index contributed by atoms with van der Waals surface area (Å²) in [5.41, 5.74) is 0. The van der Waals surface area contributed by atoms with Crippen LogP contribution in [-0.2, 0) is 14.3 Å². The Morgan fingerprint density at radius 2 is 0.787 bits per heavy atom. The number of unbranched alkanes of at least 4 members (excludes halogenated alkanes) is 36. The number of rotatable bonds is 58. The molecule has 0 spiro atoms. The van der Waals surface area contributed by atoms with Crippen molar-refractivity contribution in [3.05, 3.63) is 85.1 Å². The van der Waals surface area contributed by atoms with Gasteiger partial charge in [-0.05, 0) is 83.5 Å². The summed E-state index contributed by atoms with van der Waals surface area (Å²) < 4.78 is 11.3. The van der Waals surface area contributed by atoms with Crippen molar-refractivity contribution in [1.82, 2.24) is 5.32 Å². The molecule has 1 rings (SSSR count). The Morgan fingerprint density at radius 1 is 0.438 bits per heavy atom. The molecule has 1 fully saturated rings. The van der Waals surface area contributed by atoms with E-state index in [-0.39, 0.29) is 12.5 Å². The van der Waals surface area contributed by atoms with E-state index in [0.717, 1.165) is 70.6 Å². The Morgan fingerprint density at radius 3 is 1.20 bits per heavy atom. The first-order chi connectivity index (χ1) is 39.3. The molecule has 9 nitrogen and oxygen atoms in total. The summed E-state index contributed by atoms with van der Waals surface area (Å²) in [7, 11) is 0. The molecule has 1 saturated heterocycles. The third-order valence-electron chi connectivity index (χ3n) is 15.7. The van der Waals surface area contributed by atoms with Gasteiger partial charge in [0.1, 0.15) is 24.4 Å². The average Bonchev–Trinajstić information content (AvgIpc) is 3.46. The number of ether oxygens (including phenoxy) is 2. The van der Waals surface area contributed by atoms with Crippen molar-refractivity contribution in [3.8, 4) is 0 Å². The normalized spacial score (nSPS) is 19.0. The molecule has 1 aliphatic heterocycles. The predicted octanol–water partition coefficient (Wildman–Crippen LogP) is 18.1. The van der Waals surface area contributed by atoms with E-state index in [1.165, 1.54) is 212 Å². The monoisotopic (exact) mass is 1120 g/mol. The minimum atomic E-state index is -1.58. The zero-order valence-electron chi connectivity index (χ0n) is 51.8. The van der Waals surface area contributed by atoms with Crippen LogP contribution < -0.4 is 5.32 Å². The molecule has 0 bridgehead atoms. The number of carbonyl (C=O) groups excluding carboxylic acids is 1. The lowest BCUT2D eigenvalue weighted by molar-refractivity contribution is -0.302. The maximum atomic E-state index is 13.1. The first-order valence-electron chi connectivity index (χ1n) is 33.8. The second-order valence-corrected chi connectivity index (χ2v) is 23.2. The Hall–Kier alpha value is -2.63. The van der Waals surface area contributed by atoms with Crippen LogP contribution in [0.25, 0.3) is 0 Å². The molecule has 7 unspecified atom stereocenters. The second kappa shape index (κ2) is 59.5. The van der Waals surface area contributed by atoms with Crippen LogP contribution in [-0.4, -0.2) is 87.5 Å². The van der Waals surface area contributed by atoms with Crippen molar-refractivity contribution in [1.29, 1.82) is 0 Å². The van der Waals surface area contributed by atoms with Crippen LogP contribution in [0.15, 0.2) is 85.1 Å². The SMILES string of the molecule is CC/C=C\C/C=C\C/C=C\C/C=C\CCCCCCCCCCCCCCCCCCCCC(=O)NC(COC1OC(CO)C(O)C(O)C1O)C(O)/C=C/CC/C=C/CC/C=C/CCCCCCCCCCCCCCCCCC. The second-order valence-electron chi connectivity index (χ2n) is 23.2. The van der Waals surface area contributed by atoms with Crippen LogP contribution in [0.2, 0.25) is 0 Å². The van der Waals surface area contributed by atoms with E-state index in [1.54, 1.807) is 6.08 Å². The predicted molar refractivity (Wildman–Crippen MR) is 341 cm³/mol. The van der Waals surface area contributed by atoms with Crippen molar-refractivity contribution >= 4 is 5.91 Å². The third-order valence-corrected chi connectivity index (χ3v) is 15.7. The molecule has 464 valence electrons. The molecule has 9 heteroatoms. The number of hydrogen-bond acceptors (Lipinski definition) is 8. The Balaban J connectivity index is 2.17. The van der Waals surface area contributed by atoms with E-state index < -0.39 is 49.5 Å². The summed E-state index contributed by atoms with van der Waals surface area (Å²) >= 11 is 0. The summed E-state index contributed by atoms with van der Waals surface area (Å²) in [6.45, 7) is 3.68. The van der Waals surface area contributed by atoms with Gasteiger partial charge in [-0.1, -0.05) is 298 Å². The van der Waals surface area contributed by atoms with Crippen molar-refractivity contribution in [2.24, 2.45) is 0 Å². The van der Waals surface area contributed by atoms with Crippen molar-refractivity contribution in [3.63, 3.8) is 0 Å². The smallest absolute Gasteiger partial charge is 0.220 e. The molecule has 80 heavy (non-hydrogen) atoms. The molecule has 0 aromatic carbocycles. The number of hydrogen-bond donors (Lipinski definition) is 6. The number of nitrogens with one attached hydrogen (secondary N) is 1. The minimum absolute atomic E-state index is 0.189. The summed E-state index contributed by atoms with van der Waals surface area (Å²) in [6.07, 6.45) is 78.2. The lowest BCUT2D eigenvalue weighted by Gasteiger charge is -2.40. The molecule has 1 aliphatic rings. The molecule has 0 saturated carbocycles. The molecule has 0 radical (unpaired) electrons. The van der Waals surface area contributed by atoms with E-state index in [0.29, 0.717) is 6.42 Å². The standard InChI is InChI=1S/C71H127NO8/c1-3-5-7-9-11-13-15-17-19-21-23-25-27-29-31-32-33-34-35-37-39-41-43-45-47-49-51-53-55-57-59-61-67(75)72-64(63-79-71-70(78)69(77)68(76)66(62-73)80-71)65(74)60-58-56-54-52-50-48-46-44-42-40-38-36-30-28-26-24-22-20-18-16-14-12-10-8-6-4-2/h5,7,11,13,17,19,23,25,42,44,50,52,58,60,64-66,68-71,73-74,76-78H,3-4,6,8-10,12,14-16,18,20-22,24,26-41,43,45-49,51,53-57,59,61-63H2,1-2H3,(H,72,75)/b7-5-,13-11-,19-17-,25-23-,44-42+,52-50+,60-58+. The van der Waals surface area contributed by atoms with Crippen molar-refractivity contribution in [2.45, 2.75) is 346 Å². The average molecular weight is 1120 g/mol. The summed E-state index contributed by atoms with van der Waals surface area (Å²) in [6, 6.07) is -0.833. The number of carbonyl (C=O) groups is 1. The van der Waals surface area contributed by atoms with Gasteiger partial charge in [0, 0.05) is 6.42 Å². The first kappa shape index (κ1) is 75.4. The van der Waals surface area contributed by atoms with Gasteiger partial charge in [-0.25, -0.2) is 0 Å². The lowest BCUT2D eigenvalue weighted by atomic mass is 9.99. The summed E-state index contributed by atoms with van der Waals surface area (Å²) in [5.74, 6) is -0.189. The fraction of sp³-hybridized carbons (Fsp3) is 0.789. The highest BCUT2D eigenvalue weighted by atomic mass is 16.7. The highest BCUT2D eigenvalue weighted by Crippen LogP contribution is 2.23. The molecule has 1 amide bonds. The van der Waals surface area contributed by atoms with E-state index in [9.17, 15) is 30.3 Å². The zero-order chi connectivity index (χ0) is 57.9. The van der Waals surface area contributed by atoms with Gasteiger partial charge in [0.2, 0.25) is 5.91 Å². The highest BCUT2D eigenvalue weighted by molar-refractivity contribution is 5.76. The van der Waals surface area contributed by atoms with Gasteiger partial charge in [-0.2, -0.15) is 0 Å². The third kappa shape index (κ3) is 47.8. The maximum absolute atomic E-state index is 13.1. The topological polar surface area (TPSA) is 149 Å². The van der Waals surface area contributed by atoms with Crippen LogP contribution >= 0.6 is 0 Å². The Bertz CT molecular complexity index is 1540. The lowest BCUT2D eigenvalue weighted by Crippen LogP contribution is -2.60. The fourth-order valence-corrected chi connectivity index (χ4v) is 10.4. The first-order valence-corrected chi connectivity index (χ1v) is 33.8. The van der Waals surface area contributed by atoms with Gasteiger partial charge in [0.05, 0.1) is 25.4 Å². The molecule has 0 aromatic heterocycles. The van der Waals surface area contributed by atoms with Crippen LogP contribution in [0.3, 0.4) is 0 Å². The van der Waals surface area contributed by atoms with Crippen molar-refractivity contribution in [2.75, 3.05) is 13.2 Å². The zero-order valence-corrected chi connectivity index (χ0v) is 51.8. The van der Waals surface area contributed by atoms with Gasteiger partial charge < -0.3 is 40.3 Å². The number of allylic oxidation sites excluding steroid dienone is 13. The molecule has 6 N–H and O–H groups in total. The van der Waals surface area contributed by atoms with Gasteiger partial charge in [-0.15, -0.1) is 0 Å². The molecular weight excluding hydrogens is 995 g/mol. The van der Waals surface area contributed by atoms with Gasteiger partial charge in [0.25, 0.3) is 0 Å². The summed E-state index contributed by atoms with van der Waals surface area (Å²) in [4.78, 5) is 13.1. The van der Waals surface area contributed by atoms with E-state index in [1.807, 2.05) is 6.08 Å². The number of aliphatic hydroxyl groups is 5. The van der Waals surface area contributed by atoms with E-state index >= 15 is 0 Å². The van der Waals surface area contributed by atoms with Crippen LogP contribution in [0.1, 0.15) is 303 Å². The number of aliphatic hydroxyl groups excluding tert-OH is 5. The quantitative estimate of drug-likeness (QED) is 0.0261. The van der Waals surface area contributed by atoms with Gasteiger partial charge in [0.15, 0.2) is 6.29 Å². The van der Waals surface area contributed by atoms with Gasteiger partial charge >= 0.3 is 0 Å². The maximum Gasteiger partial charge on any atom is 0.220 e. The molecule has 1 heterocycles. The van der Waals surface area contributed by atoms with Crippen LogP contribution in [0.5, 0.6) is 0 Å². The van der Waals surface area contributed by atoms with Crippen LogP contribution in [0, 0.1) is 0 Å². The molecular formula is C71H127NO8. The molecule has 0 aliphatic carbocycles. The van der Waals surface area contributed by atoms with Crippen LogP contribution in [0.4, 0.5) is 0 Å². The van der Waals surface area contributed by atoms with Gasteiger partial charge in [-0.3, -0.25) is 4.79 Å². The fourth-order valence-electron chi connectivity index (χ4n) is 10.4. The van der Waals surface area contributed by atoms with Crippen molar-refractivity contribution < 1.29 is 39.8 Å². The van der Waals surface area contributed by atoms with E-state index in [4.69, 9.17) is 9.47 Å². The Kier molecular flexibility index (Phi) is 56.1. The molecule has 0 aromatic rings. The summed E-state index contributed by atoms with van der Waals surface area (Å²) in [5, 5.41) is 54.7. The largest absolute Gasteiger partial charge is 0.394 e. The highest BCUT2D eigenvalue weighted by Gasteiger charge is 2.44. The number of amides is 1. The molecule has 7 atom stereocenters. The van der Waals surface area contributed by atoms with E-state index in [2.05, 4.69) is 92.1 Å². The Labute approximate surface area is 492 Å². The minimum Gasteiger partial charge on any atom is -0.394 e.